The molecule has 2 rings (SSSR count). The minimum Gasteiger partial charge on any atom is -0.308 e. The van der Waals surface area contributed by atoms with E-state index in [1.54, 1.807) is 0 Å². The molecule has 100 valence electrons. The van der Waals surface area contributed by atoms with Crippen LogP contribution >= 0.6 is 23.2 Å². The van der Waals surface area contributed by atoms with Crippen LogP contribution in [-0.2, 0) is 0 Å². The molecule has 0 heterocycles. The van der Waals surface area contributed by atoms with E-state index in [9.17, 15) is 0 Å². The van der Waals surface area contributed by atoms with Gasteiger partial charge in [0.15, 0.2) is 0 Å². The SMILES string of the molecule is CC(CC1CCC1)NC(C)c1ccc(Cl)c(Cl)c1. The number of halogens is 2. The maximum absolute atomic E-state index is 6.05. The third kappa shape index (κ3) is 3.63. The predicted octanol–water partition coefficient (Wildman–Crippen LogP) is 5.22. The van der Waals surface area contributed by atoms with Crippen LogP contribution in [0.25, 0.3) is 0 Å². The van der Waals surface area contributed by atoms with Crippen molar-refractivity contribution in [2.75, 3.05) is 0 Å². The fourth-order valence-corrected chi connectivity index (χ4v) is 2.91. The van der Waals surface area contributed by atoms with Gasteiger partial charge in [-0.3, -0.25) is 0 Å². The normalized spacial score (nSPS) is 19.3. The molecule has 1 aromatic carbocycles. The maximum Gasteiger partial charge on any atom is 0.0595 e. The van der Waals surface area contributed by atoms with Crippen LogP contribution in [0.3, 0.4) is 0 Å². The first-order chi connectivity index (χ1) is 8.56. The van der Waals surface area contributed by atoms with Gasteiger partial charge in [0.1, 0.15) is 0 Å². The smallest absolute Gasteiger partial charge is 0.0595 e. The van der Waals surface area contributed by atoms with Gasteiger partial charge in [0, 0.05) is 12.1 Å². The molecule has 0 spiro atoms. The quantitative estimate of drug-likeness (QED) is 0.782. The standard InChI is InChI=1S/C15H21Cl2N/c1-10(8-12-4-3-5-12)18-11(2)13-6-7-14(16)15(17)9-13/h6-7,9-12,18H,3-5,8H2,1-2H3. The summed E-state index contributed by atoms with van der Waals surface area (Å²) in [5.41, 5.74) is 1.20. The summed E-state index contributed by atoms with van der Waals surface area (Å²) in [5, 5.41) is 4.89. The van der Waals surface area contributed by atoms with Crippen molar-refractivity contribution in [3.8, 4) is 0 Å². The molecule has 0 aromatic heterocycles. The Labute approximate surface area is 120 Å². The van der Waals surface area contributed by atoms with Crippen LogP contribution in [0.1, 0.15) is 51.1 Å². The fraction of sp³-hybridized carbons (Fsp3) is 0.600. The molecule has 0 saturated heterocycles. The summed E-state index contributed by atoms with van der Waals surface area (Å²) >= 11 is 12.0. The van der Waals surface area contributed by atoms with E-state index >= 15 is 0 Å². The monoisotopic (exact) mass is 285 g/mol. The predicted molar refractivity (Wildman–Crippen MR) is 79.4 cm³/mol. The van der Waals surface area contributed by atoms with E-state index in [-0.39, 0.29) is 0 Å². The Bertz CT molecular complexity index is 401. The molecule has 1 fully saturated rings. The average Bonchev–Trinajstić information content (AvgIpc) is 2.27. The highest BCUT2D eigenvalue weighted by Crippen LogP contribution is 2.31. The van der Waals surface area contributed by atoms with E-state index in [2.05, 4.69) is 19.2 Å². The van der Waals surface area contributed by atoms with E-state index in [1.807, 2.05) is 18.2 Å². The van der Waals surface area contributed by atoms with Crippen molar-refractivity contribution in [1.82, 2.24) is 5.32 Å². The first-order valence-corrected chi connectivity index (χ1v) is 7.53. The Morgan fingerprint density at radius 2 is 1.94 bits per heavy atom. The van der Waals surface area contributed by atoms with E-state index in [0.29, 0.717) is 22.1 Å². The van der Waals surface area contributed by atoms with E-state index in [1.165, 1.54) is 31.2 Å². The van der Waals surface area contributed by atoms with Gasteiger partial charge in [-0.2, -0.15) is 0 Å². The zero-order chi connectivity index (χ0) is 13.1. The molecule has 1 nitrogen and oxygen atoms in total. The van der Waals surface area contributed by atoms with Crippen molar-refractivity contribution in [3.63, 3.8) is 0 Å². The Hall–Kier alpha value is -0.240. The fourth-order valence-electron chi connectivity index (χ4n) is 2.60. The molecule has 0 bridgehead atoms. The summed E-state index contributed by atoms with van der Waals surface area (Å²) in [4.78, 5) is 0. The molecular formula is C15H21Cl2N. The third-order valence-electron chi connectivity index (χ3n) is 3.89. The van der Waals surface area contributed by atoms with Gasteiger partial charge in [-0.05, 0) is 43.9 Å². The zero-order valence-corrected chi connectivity index (χ0v) is 12.6. The highest BCUT2D eigenvalue weighted by molar-refractivity contribution is 6.42. The summed E-state index contributed by atoms with van der Waals surface area (Å²) in [6.45, 7) is 4.45. The molecule has 3 heteroatoms. The van der Waals surface area contributed by atoms with Crippen LogP contribution in [-0.4, -0.2) is 6.04 Å². The Morgan fingerprint density at radius 3 is 2.50 bits per heavy atom. The number of hydrogen-bond donors (Lipinski definition) is 1. The van der Waals surface area contributed by atoms with Crippen molar-refractivity contribution in [3.05, 3.63) is 33.8 Å². The number of rotatable bonds is 5. The van der Waals surface area contributed by atoms with E-state index < -0.39 is 0 Å². The molecule has 2 unspecified atom stereocenters. The van der Waals surface area contributed by atoms with Crippen molar-refractivity contribution in [2.45, 2.75) is 51.6 Å². The van der Waals surface area contributed by atoms with Crippen LogP contribution in [0, 0.1) is 5.92 Å². The van der Waals surface area contributed by atoms with Crippen LogP contribution in [0.15, 0.2) is 18.2 Å². The zero-order valence-electron chi connectivity index (χ0n) is 11.0. The van der Waals surface area contributed by atoms with Gasteiger partial charge in [0.25, 0.3) is 0 Å². The van der Waals surface area contributed by atoms with Gasteiger partial charge in [-0.1, -0.05) is 48.5 Å². The molecule has 1 aromatic rings. The summed E-state index contributed by atoms with van der Waals surface area (Å²) in [7, 11) is 0. The minimum absolute atomic E-state index is 0.315. The second kappa shape index (κ2) is 6.27. The topological polar surface area (TPSA) is 12.0 Å². The van der Waals surface area contributed by atoms with Crippen LogP contribution < -0.4 is 5.32 Å². The summed E-state index contributed by atoms with van der Waals surface area (Å²) < 4.78 is 0. The molecule has 1 aliphatic carbocycles. The molecule has 0 amide bonds. The number of hydrogen-bond acceptors (Lipinski definition) is 1. The largest absolute Gasteiger partial charge is 0.308 e. The second-order valence-corrected chi connectivity index (χ2v) is 6.31. The highest BCUT2D eigenvalue weighted by Gasteiger charge is 2.20. The molecule has 0 aliphatic heterocycles. The second-order valence-electron chi connectivity index (χ2n) is 5.50. The Morgan fingerprint density at radius 1 is 1.22 bits per heavy atom. The number of nitrogens with one attached hydrogen (secondary N) is 1. The van der Waals surface area contributed by atoms with Gasteiger partial charge in [0.05, 0.1) is 10.0 Å². The molecule has 1 aliphatic rings. The number of benzene rings is 1. The Balaban J connectivity index is 1.89. The first-order valence-electron chi connectivity index (χ1n) is 6.77. The van der Waals surface area contributed by atoms with Crippen molar-refractivity contribution < 1.29 is 0 Å². The third-order valence-corrected chi connectivity index (χ3v) is 4.63. The van der Waals surface area contributed by atoms with Gasteiger partial charge < -0.3 is 5.32 Å². The summed E-state index contributed by atoms with van der Waals surface area (Å²) in [6.07, 6.45) is 5.52. The maximum atomic E-state index is 6.05. The van der Waals surface area contributed by atoms with Crippen molar-refractivity contribution in [2.24, 2.45) is 5.92 Å². The molecule has 18 heavy (non-hydrogen) atoms. The first kappa shape index (κ1) is 14.2. The molecule has 1 saturated carbocycles. The highest BCUT2D eigenvalue weighted by atomic mass is 35.5. The van der Waals surface area contributed by atoms with Gasteiger partial charge in [-0.15, -0.1) is 0 Å². The van der Waals surface area contributed by atoms with Crippen molar-refractivity contribution >= 4 is 23.2 Å². The summed E-state index contributed by atoms with van der Waals surface area (Å²) in [6, 6.07) is 6.74. The van der Waals surface area contributed by atoms with Gasteiger partial charge in [-0.25, -0.2) is 0 Å². The lowest BCUT2D eigenvalue weighted by Crippen LogP contribution is -2.32. The lowest BCUT2D eigenvalue weighted by atomic mass is 9.81. The average molecular weight is 286 g/mol. The molecule has 2 atom stereocenters. The lowest BCUT2D eigenvalue weighted by molar-refractivity contribution is 0.259. The summed E-state index contributed by atoms with van der Waals surface area (Å²) in [5.74, 6) is 0.938. The van der Waals surface area contributed by atoms with Crippen LogP contribution in [0.5, 0.6) is 0 Å². The lowest BCUT2D eigenvalue weighted by Gasteiger charge is -2.30. The van der Waals surface area contributed by atoms with Gasteiger partial charge >= 0.3 is 0 Å². The van der Waals surface area contributed by atoms with E-state index in [4.69, 9.17) is 23.2 Å². The van der Waals surface area contributed by atoms with Crippen molar-refractivity contribution in [1.29, 1.82) is 0 Å². The van der Waals surface area contributed by atoms with E-state index in [0.717, 1.165) is 5.92 Å². The molecule has 0 radical (unpaired) electrons. The van der Waals surface area contributed by atoms with Crippen LogP contribution in [0.4, 0.5) is 0 Å². The Kier molecular flexibility index (Phi) is 4.94. The van der Waals surface area contributed by atoms with Gasteiger partial charge in [0.2, 0.25) is 0 Å². The molecule has 1 N–H and O–H groups in total. The molecular weight excluding hydrogens is 265 g/mol. The van der Waals surface area contributed by atoms with Crippen LogP contribution in [0.2, 0.25) is 10.0 Å². The minimum atomic E-state index is 0.315.